The molecule has 1 N–H and O–H groups in total. The van der Waals surface area contributed by atoms with Crippen LogP contribution in [0.1, 0.15) is 28.8 Å². The van der Waals surface area contributed by atoms with Crippen LogP contribution < -0.4 is 10.9 Å². The summed E-state index contributed by atoms with van der Waals surface area (Å²) in [6.07, 6.45) is 9.86. The Balaban J connectivity index is 1.55. The minimum Gasteiger partial charge on any atom is -0.351 e. The van der Waals surface area contributed by atoms with Crippen LogP contribution in [-0.4, -0.2) is 25.6 Å². The Morgan fingerprint density at radius 3 is 2.81 bits per heavy atom. The molecule has 0 saturated heterocycles. The molecule has 0 bridgehead atoms. The average molecular weight is 347 g/mol. The highest BCUT2D eigenvalue weighted by Crippen LogP contribution is 2.22. The van der Waals surface area contributed by atoms with Crippen molar-refractivity contribution in [2.24, 2.45) is 0 Å². The zero-order valence-electron chi connectivity index (χ0n) is 14.7. The quantitative estimate of drug-likeness (QED) is 0.784. The zero-order valence-corrected chi connectivity index (χ0v) is 14.7. The summed E-state index contributed by atoms with van der Waals surface area (Å²) in [4.78, 5) is 25.2. The second-order valence-electron chi connectivity index (χ2n) is 6.76. The lowest BCUT2D eigenvalue weighted by Crippen LogP contribution is -2.33. The SMILES string of the molecule is Cc1cnc(NC2CCc3c(ccc(=O)n3Cc3cccnc3)C2)nc1. The lowest BCUT2D eigenvalue weighted by atomic mass is 9.91. The molecule has 3 aromatic rings. The largest absolute Gasteiger partial charge is 0.351 e. The molecule has 0 aliphatic heterocycles. The number of nitrogens with one attached hydrogen (secondary N) is 1. The van der Waals surface area contributed by atoms with Crippen molar-refractivity contribution in [3.8, 4) is 0 Å². The van der Waals surface area contributed by atoms with Crippen molar-refractivity contribution in [1.82, 2.24) is 19.5 Å². The smallest absolute Gasteiger partial charge is 0.251 e. The molecule has 0 spiro atoms. The van der Waals surface area contributed by atoms with Crippen LogP contribution >= 0.6 is 0 Å². The van der Waals surface area contributed by atoms with Gasteiger partial charge in [-0.15, -0.1) is 0 Å². The Labute approximate surface area is 152 Å². The summed E-state index contributed by atoms with van der Waals surface area (Å²) in [5.74, 6) is 0.660. The van der Waals surface area contributed by atoms with Crippen molar-refractivity contribution in [3.63, 3.8) is 0 Å². The fourth-order valence-corrected chi connectivity index (χ4v) is 3.44. The van der Waals surface area contributed by atoms with Gasteiger partial charge in [-0.05, 0) is 48.9 Å². The minimum absolute atomic E-state index is 0.0425. The molecule has 4 rings (SSSR count). The highest BCUT2D eigenvalue weighted by atomic mass is 16.1. The van der Waals surface area contributed by atoms with Gasteiger partial charge in [-0.3, -0.25) is 9.78 Å². The normalized spacial score (nSPS) is 16.1. The third kappa shape index (κ3) is 3.49. The van der Waals surface area contributed by atoms with Gasteiger partial charge >= 0.3 is 0 Å². The van der Waals surface area contributed by atoms with Crippen molar-refractivity contribution >= 4 is 5.95 Å². The highest BCUT2D eigenvalue weighted by molar-refractivity contribution is 5.32. The van der Waals surface area contributed by atoms with E-state index in [4.69, 9.17) is 0 Å². The average Bonchev–Trinajstić information content (AvgIpc) is 2.67. The van der Waals surface area contributed by atoms with Gasteiger partial charge < -0.3 is 9.88 Å². The second-order valence-corrected chi connectivity index (χ2v) is 6.76. The van der Waals surface area contributed by atoms with E-state index in [1.807, 2.05) is 48.3 Å². The molecule has 0 radical (unpaired) electrons. The predicted octanol–water partition coefficient (Wildman–Crippen LogP) is 2.36. The van der Waals surface area contributed by atoms with E-state index in [-0.39, 0.29) is 11.6 Å². The number of aryl methyl sites for hydroxylation is 1. The number of hydrogen-bond acceptors (Lipinski definition) is 5. The van der Waals surface area contributed by atoms with Crippen LogP contribution in [0.15, 0.2) is 53.8 Å². The van der Waals surface area contributed by atoms with Gasteiger partial charge in [0.1, 0.15) is 0 Å². The fraction of sp³-hybridized carbons (Fsp3) is 0.300. The molecular formula is C20H21N5O. The first-order chi connectivity index (χ1) is 12.7. The Morgan fingerprint density at radius 1 is 1.19 bits per heavy atom. The molecule has 1 unspecified atom stereocenters. The van der Waals surface area contributed by atoms with Gasteiger partial charge in [-0.1, -0.05) is 12.1 Å². The number of anilines is 1. The molecule has 6 nitrogen and oxygen atoms in total. The van der Waals surface area contributed by atoms with Crippen LogP contribution in [-0.2, 0) is 19.4 Å². The van der Waals surface area contributed by atoms with Crippen LogP contribution in [0, 0.1) is 6.92 Å². The number of nitrogens with zero attached hydrogens (tertiary/aromatic N) is 4. The zero-order chi connectivity index (χ0) is 17.9. The van der Waals surface area contributed by atoms with Gasteiger partial charge in [0.25, 0.3) is 5.56 Å². The maximum absolute atomic E-state index is 12.4. The molecule has 1 aliphatic rings. The predicted molar refractivity (Wildman–Crippen MR) is 100 cm³/mol. The Hall–Kier alpha value is -3.02. The van der Waals surface area contributed by atoms with E-state index in [1.165, 1.54) is 5.56 Å². The van der Waals surface area contributed by atoms with Crippen LogP contribution in [0.25, 0.3) is 0 Å². The highest BCUT2D eigenvalue weighted by Gasteiger charge is 2.22. The summed E-state index contributed by atoms with van der Waals surface area (Å²) in [5, 5.41) is 3.41. The summed E-state index contributed by atoms with van der Waals surface area (Å²) in [7, 11) is 0. The summed E-state index contributed by atoms with van der Waals surface area (Å²) in [6, 6.07) is 7.80. The Bertz CT molecular complexity index is 950. The summed E-state index contributed by atoms with van der Waals surface area (Å²) in [5.41, 5.74) is 4.47. The van der Waals surface area contributed by atoms with Crippen LogP contribution in [0.2, 0.25) is 0 Å². The van der Waals surface area contributed by atoms with Crippen molar-refractivity contribution < 1.29 is 0 Å². The van der Waals surface area contributed by atoms with Crippen LogP contribution in [0.4, 0.5) is 5.95 Å². The van der Waals surface area contributed by atoms with Gasteiger partial charge in [0.05, 0.1) is 6.54 Å². The molecular weight excluding hydrogens is 326 g/mol. The maximum atomic E-state index is 12.4. The third-order valence-electron chi connectivity index (χ3n) is 4.76. The fourth-order valence-electron chi connectivity index (χ4n) is 3.44. The molecule has 6 heteroatoms. The lowest BCUT2D eigenvalue weighted by Gasteiger charge is -2.27. The molecule has 0 amide bonds. The van der Waals surface area contributed by atoms with Gasteiger partial charge in [-0.2, -0.15) is 0 Å². The summed E-state index contributed by atoms with van der Waals surface area (Å²) < 4.78 is 1.88. The molecule has 3 heterocycles. The maximum Gasteiger partial charge on any atom is 0.251 e. The van der Waals surface area contributed by atoms with E-state index < -0.39 is 0 Å². The molecule has 0 fully saturated rings. The number of rotatable bonds is 4. The Morgan fingerprint density at radius 2 is 2.04 bits per heavy atom. The van der Waals surface area contributed by atoms with Crippen LogP contribution in [0.3, 0.4) is 0 Å². The monoisotopic (exact) mass is 347 g/mol. The first-order valence-electron chi connectivity index (χ1n) is 8.85. The lowest BCUT2D eigenvalue weighted by molar-refractivity contribution is 0.557. The van der Waals surface area contributed by atoms with Crippen molar-refractivity contribution in [2.45, 2.75) is 38.8 Å². The van der Waals surface area contributed by atoms with Gasteiger partial charge in [0, 0.05) is 42.6 Å². The van der Waals surface area contributed by atoms with E-state index in [1.54, 1.807) is 12.3 Å². The van der Waals surface area contributed by atoms with Crippen molar-refractivity contribution in [2.75, 3.05) is 5.32 Å². The molecule has 3 aromatic heterocycles. The van der Waals surface area contributed by atoms with E-state index in [0.717, 1.165) is 36.1 Å². The molecule has 0 saturated carbocycles. The number of hydrogen-bond donors (Lipinski definition) is 1. The Kier molecular flexibility index (Phi) is 4.48. The van der Waals surface area contributed by atoms with Gasteiger partial charge in [0.2, 0.25) is 5.95 Å². The summed E-state index contributed by atoms with van der Waals surface area (Å²) in [6.45, 7) is 2.54. The van der Waals surface area contributed by atoms with E-state index in [0.29, 0.717) is 12.5 Å². The standard InChI is InChI=1S/C20H21N5O/c1-14-10-22-20(23-11-14)24-17-5-6-18-16(9-17)4-7-19(26)25(18)13-15-3-2-8-21-12-15/h2-4,7-8,10-12,17H,5-6,9,13H2,1H3,(H,22,23,24). The number of fused-ring (bicyclic) bond motifs is 1. The van der Waals surface area contributed by atoms with Crippen molar-refractivity contribution in [3.05, 3.63) is 81.8 Å². The van der Waals surface area contributed by atoms with Crippen molar-refractivity contribution in [1.29, 1.82) is 0 Å². The van der Waals surface area contributed by atoms with Gasteiger partial charge in [0.15, 0.2) is 0 Å². The van der Waals surface area contributed by atoms with Crippen LogP contribution in [0.5, 0.6) is 0 Å². The molecule has 132 valence electrons. The molecule has 1 aliphatic carbocycles. The number of pyridine rings is 2. The van der Waals surface area contributed by atoms with E-state index >= 15 is 0 Å². The number of aromatic nitrogens is 4. The first-order valence-corrected chi connectivity index (χ1v) is 8.85. The first kappa shape index (κ1) is 16.4. The van der Waals surface area contributed by atoms with Gasteiger partial charge in [-0.25, -0.2) is 9.97 Å². The minimum atomic E-state index is 0.0425. The summed E-state index contributed by atoms with van der Waals surface area (Å²) >= 11 is 0. The second kappa shape index (κ2) is 7.07. The molecule has 0 aromatic carbocycles. The molecule has 26 heavy (non-hydrogen) atoms. The third-order valence-corrected chi connectivity index (χ3v) is 4.76. The molecule has 1 atom stereocenters. The van der Waals surface area contributed by atoms with E-state index in [2.05, 4.69) is 20.3 Å². The topological polar surface area (TPSA) is 72.7 Å². The van der Waals surface area contributed by atoms with E-state index in [9.17, 15) is 4.79 Å².